The molecule has 0 unspecified atom stereocenters. The highest BCUT2D eigenvalue weighted by molar-refractivity contribution is 5.79. The number of carbonyl (C=O) groups excluding carboxylic acids is 1. The Kier molecular flexibility index (Phi) is 3.10. The Morgan fingerprint density at radius 3 is 3.19 bits per heavy atom. The molecule has 0 saturated heterocycles. The highest BCUT2D eigenvalue weighted by Crippen LogP contribution is 2.35. The first-order chi connectivity index (χ1) is 7.81. The number of amides is 1. The van der Waals surface area contributed by atoms with Crippen LogP contribution in [0.3, 0.4) is 0 Å². The molecule has 16 heavy (non-hydrogen) atoms. The summed E-state index contributed by atoms with van der Waals surface area (Å²) < 4.78 is 10.5. The van der Waals surface area contributed by atoms with Crippen LogP contribution in [0.5, 0.6) is 11.5 Å². The summed E-state index contributed by atoms with van der Waals surface area (Å²) in [5.41, 5.74) is 0.844. The fourth-order valence-corrected chi connectivity index (χ4v) is 1.55. The van der Waals surface area contributed by atoms with Crippen molar-refractivity contribution in [1.29, 1.82) is 0 Å². The zero-order chi connectivity index (χ0) is 11.4. The largest absolute Gasteiger partial charge is 0.454 e. The first kappa shape index (κ1) is 10.5. The average Bonchev–Trinajstić information content (AvgIpc) is 2.75. The number of para-hydroxylation sites is 1. The molecule has 0 bridgehead atoms. The van der Waals surface area contributed by atoms with Gasteiger partial charge in [0.15, 0.2) is 11.5 Å². The molecule has 1 amide bonds. The van der Waals surface area contributed by atoms with Crippen molar-refractivity contribution in [3.63, 3.8) is 0 Å². The minimum Gasteiger partial charge on any atom is -0.454 e. The lowest BCUT2D eigenvalue weighted by atomic mass is 10.1. The van der Waals surface area contributed by atoms with E-state index in [1.807, 2.05) is 18.2 Å². The average molecular weight is 219 g/mol. The van der Waals surface area contributed by atoms with Crippen molar-refractivity contribution in [3.8, 4) is 11.5 Å². The molecule has 84 valence electrons. The van der Waals surface area contributed by atoms with Crippen LogP contribution in [-0.2, 0) is 11.2 Å². The van der Waals surface area contributed by atoms with Gasteiger partial charge in [0.1, 0.15) is 0 Å². The number of ether oxygens (including phenoxy) is 2. The number of fused-ring (bicyclic) bond motifs is 1. The van der Waals surface area contributed by atoms with Gasteiger partial charge in [-0.1, -0.05) is 18.2 Å². The Bertz CT molecular complexity index is 415. The highest BCUT2D eigenvalue weighted by Gasteiger charge is 2.18. The van der Waals surface area contributed by atoms with Gasteiger partial charge in [0.05, 0.1) is 6.42 Å². The molecular formula is C12H13NO3. The van der Waals surface area contributed by atoms with Gasteiger partial charge < -0.3 is 14.8 Å². The second kappa shape index (κ2) is 4.70. The fraction of sp³-hybridized carbons (Fsp3) is 0.250. The molecule has 1 aromatic carbocycles. The monoisotopic (exact) mass is 219 g/mol. The highest BCUT2D eigenvalue weighted by atomic mass is 16.7. The van der Waals surface area contributed by atoms with Crippen LogP contribution < -0.4 is 14.8 Å². The normalized spacial score (nSPS) is 12.2. The van der Waals surface area contributed by atoms with Gasteiger partial charge in [0.2, 0.25) is 12.7 Å². The Labute approximate surface area is 93.9 Å². The number of benzene rings is 1. The van der Waals surface area contributed by atoms with Crippen molar-refractivity contribution in [2.24, 2.45) is 0 Å². The third-order valence-electron chi connectivity index (χ3n) is 2.27. The maximum Gasteiger partial charge on any atom is 0.231 e. The molecule has 0 atom stereocenters. The molecule has 2 rings (SSSR count). The van der Waals surface area contributed by atoms with Crippen LogP contribution in [0.2, 0.25) is 0 Å². The summed E-state index contributed by atoms with van der Waals surface area (Å²) in [6, 6.07) is 5.54. The number of carbonyl (C=O) groups is 1. The van der Waals surface area contributed by atoms with E-state index >= 15 is 0 Å². The van der Waals surface area contributed by atoms with Crippen LogP contribution in [0.15, 0.2) is 30.9 Å². The van der Waals surface area contributed by atoms with Crippen LogP contribution in [0.25, 0.3) is 0 Å². The lowest BCUT2D eigenvalue weighted by Gasteiger charge is -2.05. The van der Waals surface area contributed by atoms with E-state index in [1.54, 1.807) is 6.08 Å². The predicted octanol–water partition coefficient (Wildman–Crippen LogP) is 1.26. The topological polar surface area (TPSA) is 47.6 Å². The molecule has 0 aromatic heterocycles. The zero-order valence-electron chi connectivity index (χ0n) is 8.86. The first-order valence-corrected chi connectivity index (χ1v) is 5.06. The molecule has 4 nitrogen and oxygen atoms in total. The predicted molar refractivity (Wildman–Crippen MR) is 59.5 cm³/mol. The van der Waals surface area contributed by atoms with Gasteiger partial charge in [-0.3, -0.25) is 4.79 Å². The summed E-state index contributed by atoms with van der Waals surface area (Å²) in [5, 5.41) is 2.72. The Morgan fingerprint density at radius 1 is 1.50 bits per heavy atom. The summed E-state index contributed by atoms with van der Waals surface area (Å²) in [5.74, 6) is 1.33. The minimum atomic E-state index is -0.0520. The SMILES string of the molecule is C=CCNC(=O)Cc1cccc2c1OCO2. The van der Waals surface area contributed by atoms with Crippen LogP contribution in [-0.4, -0.2) is 19.2 Å². The molecule has 0 fully saturated rings. The standard InChI is InChI=1S/C12H13NO3/c1-2-6-13-11(14)7-9-4-3-5-10-12(9)16-8-15-10/h2-5H,1,6-8H2,(H,13,14). The minimum absolute atomic E-state index is 0.0520. The summed E-state index contributed by atoms with van der Waals surface area (Å²) in [6.07, 6.45) is 1.94. The van der Waals surface area contributed by atoms with E-state index in [-0.39, 0.29) is 12.7 Å². The summed E-state index contributed by atoms with van der Waals surface area (Å²) in [4.78, 5) is 11.5. The second-order valence-electron chi connectivity index (χ2n) is 3.42. The van der Waals surface area contributed by atoms with E-state index in [0.29, 0.717) is 24.5 Å². The molecule has 1 heterocycles. The number of hydrogen-bond donors (Lipinski definition) is 1. The Balaban J connectivity index is 2.07. The van der Waals surface area contributed by atoms with Crippen LogP contribution in [0.1, 0.15) is 5.56 Å². The lowest BCUT2D eigenvalue weighted by molar-refractivity contribution is -0.120. The number of rotatable bonds is 4. The number of hydrogen-bond acceptors (Lipinski definition) is 3. The summed E-state index contributed by atoms with van der Waals surface area (Å²) in [7, 11) is 0. The third-order valence-corrected chi connectivity index (χ3v) is 2.27. The van der Waals surface area contributed by atoms with Gasteiger partial charge >= 0.3 is 0 Å². The van der Waals surface area contributed by atoms with Gasteiger partial charge in [-0.25, -0.2) is 0 Å². The molecule has 0 radical (unpaired) electrons. The van der Waals surface area contributed by atoms with Crippen LogP contribution >= 0.6 is 0 Å². The molecule has 0 spiro atoms. The number of nitrogens with one attached hydrogen (secondary N) is 1. The van der Waals surface area contributed by atoms with Gasteiger partial charge in [-0.15, -0.1) is 6.58 Å². The van der Waals surface area contributed by atoms with Gasteiger partial charge in [0, 0.05) is 12.1 Å². The van der Waals surface area contributed by atoms with Gasteiger partial charge in [0.25, 0.3) is 0 Å². The maximum absolute atomic E-state index is 11.5. The van der Waals surface area contributed by atoms with E-state index in [9.17, 15) is 4.79 Å². The summed E-state index contributed by atoms with van der Waals surface area (Å²) in [6.45, 7) is 4.24. The van der Waals surface area contributed by atoms with E-state index in [0.717, 1.165) is 5.56 Å². The Hall–Kier alpha value is -1.97. The van der Waals surface area contributed by atoms with Crippen molar-refractivity contribution in [1.82, 2.24) is 5.32 Å². The van der Waals surface area contributed by atoms with Crippen LogP contribution in [0, 0.1) is 0 Å². The molecule has 0 saturated carbocycles. The molecule has 1 aliphatic rings. The van der Waals surface area contributed by atoms with E-state index in [1.165, 1.54) is 0 Å². The quantitative estimate of drug-likeness (QED) is 0.775. The van der Waals surface area contributed by atoms with E-state index < -0.39 is 0 Å². The van der Waals surface area contributed by atoms with E-state index in [4.69, 9.17) is 9.47 Å². The molecule has 1 N–H and O–H groups in total. The van der Waals surface area contributed by atoms with Crippen molar-refractivity contribution in [2.75, 3.05) is 13.3 Å². The van der Waals surface area contributed by atoms with E-state index in [2.05, 4.69) is 11.9 Å². The molecule has 1 aliphatic heterocycles. The molecule has 1 aromatic rings. The third kappa shape index (κ3) is 2.16. The maximum atomic E-state index is 11.5. The van der Waals surface area contributed by atoms with Gasteiger partial charge in [-0.05, 0) is 6.07 Å². The summed E-state index contributed by atoms with van der Waals surface area (Å²) >= 11 is 0. The molecule has 0 aliphatic carbocycles. The molecular weight excluding hydrogens is 206 g/mol. The van der Waals surface area contributed by atoms with Crippen molar-refractivity contribution >= 4 is 5.91 Å². The molecule has 4 heteroatoms. The van der Waals surface area contributed by atoms with Crippen LogP contribution in [0.4, 0.5) is 0 Å². The fourth-order valence-electron chi connectivity index (χ4n) is 1.55. The zero-order valence-corrected chi connectivity index (χ0v) is 8.86. The van der Waals surface area contributed by atoms with Crippen molar-refractivity contribution in [3.05, 3.63) is 36.4 Å². The van der Waals surface area contributed by atoms with Crippen molar-refractivity contribution in [2.45, 2.75) is 6.42 Å². The second-order valence-corrected chi connectivity index (χ2v) is 3.42. The lowest BCUT2D eigenvalue weighted by Crippen LogP contribution is -2.25. The smallest absolute Gasteiger partial charge is 0.231 e. The van der Waals surface area contributed by atoms with Crippen molar-refractivity contribution < 1.29 is 14.3 Å². The van der Waals surface area contributed by atoms with Gasteiger partial charge in [-0.2, -0.15) is 0 Å². The first-order valence-electron chi connectivity index (χ1n) is 5.06. The Morgan fingerprint density at radius 2 is 2.38 bits per heavy atom.